The van der Waals surface area contributed by atoms with Gasteiger partial charge in [-0.15, -0.1) is 0 Å². The Morgan fingerprint density at radius 1 is 1.28 bits per heavy atom. The first-order valence-corrected chi connectivity index (χ1v) is 7.72. The highest BCUT2D eigenvalue weighted by atomic mass is 16.3. The SMILES string of the molecule is CN(C)[C@@H](CNC(=O)c1ccc2c(c1)=CC(=O)C(=O)N=2)c1ccco1. The smallest absolute Gasteiger partial charge is 0.317 e. The zero-order chi connectivity index (χ0) is 18.0. The number of nitrogens with one attached hydrogen (secondary N) is 1. The third-order valence-electron chi connectivity index (χ3n) is 3.96. The molecule has 1 atom stereocenters. The van der Waals surface area contributed by atoms with Gasteiger partial charge in [-0.05, 0) is 44.4 Å². The average Bonchev–Trinajstić information content (AvgIpc) is 3.09. The van der Waals surface area contributed by atoms with Crippen LogP contribution in [0.25, 0.3) is 6.08 Å². The van der Waals surface area contributed by atoms with Gasteiger partial charge in [-0.2, -0.15) is 0 Å². The van der Waals surface area contributed by atoms with Gasteiger partial charge in [0.05, 0.1) is 17.7 Å². The number of amides is 2. The van der Waals surface area contributed by atoms with Gasteiger partial charge in [-0.25, -0.2) is 4.99 Å². The number of hydrogen-bond acceptors (Lipinski definition) is 5. The monoisotopic (exact) mass is 339 g/mol. The molecule has 1 aromatic carbocycles. The predicted octanol–water partition coefficient (Wildman–Crippen LogP) is -0.178. The van der Waals surface area contributed by atoms with E-state index in [0.29, 0.717) is 22.7 Å². The lowest BCUT2D eigenvalue weighted by Crippen LogP contribution is -2.37. The Morgan fingerprint density at radius 2 is 2.08 bits per heavy atom. The highest BCUT2D eigenvalue weighted by Crippen LogP contribution is 2.17. The average molecular weight is 339 g/mol. The molecular formula is C18H17N3O4. The van der Waals surface area contributed by atoms with Crippen LogP contribution in [0.1, 0.15) is 22.2 Å². The van der Waals surface area contributed by atoms with Crippen molar-refractivity contribution in [3.05, 3.63) is 58.5 Å². The van der Waals surface area contributed by atoms with Gasteiger partial charge in [-0.1, -0.05) is 0 Å². The van der Waals surface area contributed by atoms with Gasteiger partial charge in [0.2, 0.25) is 5.78 Å². The first-order valence-electron chi connectivity index (χ1n) is 7.72. The van der Waals surface area contributed by atoms with E-state index in [2.05, 4.69) is 10.3 Å². The molecule has 7 heteroatoms. The van der Waals surface area contributed by atoms with Crippen LogP contribution in [0.5, 0.6) is 0 Å². The summed E-state index contributed by atoms with van der Waals surface area (Å²) in [6.07, 6.45) is 2.79. The number of Topliss-reactive ketones (excluding diaryl/α,β-unsaturated/α-hetero) is 1. The topological polar surface area (TPSA) is 92.0 Å². The molecule has 3 rings (SSSR count). The summed E-state index contributed by atoms with van der Waals surface area (Å²) in [4.78, 5) is 40.8. The van der Waals surface area contributed by atoms with Crippen LogP contribution in [-0.4, -0.2) is 43.1 Å². The molecule has 0 bridgehead atoms. The molecule has 0 unspecified atom stereocenters. The molecule has 1 N–H and O–H groups in total. The van der Waals surface area contributed by atoms with E-state index >= 15 is 0 Å². The first-order chi connectivity index (χ1) is 12.0. The molecular weight excluding hydrogens is 322 g/mol. The van der Waals surface area contributed by atoms with Crippen molar-refractivity contribution in [2.45, 2.75) is 6.04 Å². The molecule has 2 amide bonds. The van der Waals surface area contributed by atoms with E-state index in [9.17, 15) is 14.4 Å². The molecule has 0 fully saturated rings. The maximum absolute atomic E-state index is 12.4. The Hall–Kier alpha value is -3.06. The summed E-state index contributed by atoms with van der Waals surface area (Å²) in [5.74, 6) is -1.00. The lowest BCUT2D eigenvalue weighted by Gasteiger charge is -2.22. The highest BCUT2D eigenvalue weighted by Gasteiger charge is 2.19. The summed E-state index contributed by atoms with van der Waals surface area (Å²) in [6.45, 7) is 0.363. The number of carbonyl (C=O) groups is 3. The molecule has 1 aliphatic heterocycles. The molecule has 2 aromatic rings. The van der Waals surface area contributed by atoms with E-state index in [-0.39, 0.29) is 11.9 Å². The van der Waals surface area contributed by atoms with Gasteiger partial charge < -0.3 is 9.73 Å². The van der Waals surface area contributed by atoms with Crippen molar-refractivity contribution in [1.82, 2.24) is 10.2 Å². The van der Waals surface area contributed by atoms with Crippen LogP contribution in [0.4, 0.5) is 0 Å². The summed E-state index contributed by atoms with van der Waals surface area (Å²) in [6, 6.07) is 8.24. The Balaban J connectivity index is 1.77. The van der Waals surface area contributed by atoms with Crippen LogP contribution in [-0.2, 0) is 9.59 Å². The lowest BCUT2D eigenvalue weighted by molar-refractivity contribution is -0.132. The molecule has 7 nitrogen and oxygen atoms in total. The van der Waals surface area contributed by atoms with Crippen LogP contribution in [0.3, 0.4) is 0 Å². The molecule has 1 aromatic heterocycles. The molecule has 128 valence electrons. The second-order valence-electron chi connectivity index (χ2n) is 5.90. The van der Waals surface area contributed by atoms with Crippen LogP contribution < -0.4 is 15.9 Å². The number of likely N-dealkylation sites (N-methyl/N-ethyl adjacent to an activating group) is 1. The fourth-order valence-corrected chi connectivity index (χ4v) is 2.59. The summed E-state index contributed by atoms with van der Waals surface area (Å²) in [5, 5.41) is 3.72. The molecule has 0 spiro atoms. The van der Waals surface area contributed by atoms with Crippen molar-refractivity contribution in [1.29, 1.82) is 0 Å². The molecule has 0 radical (unpaired) electrons. The highest BCUT2D eigenvalue weighted by molar-refractivity contribution is 6.48. The number of rotatable bonds is 5. The lowest BCUT2D eigenvalue weighted by atomic mass is 10.1. The predicted molar refractivity (Wildman–Crippen MR) is 89.2 cm³/mol. The van der Waals surface area contributed by atoms with E-state index in [4.69, 9.17) is 4.42 Å². The fourth-order valence-electron chi connectivity index (χ4n) is 2.59. The largest absolute Gasteiger partial charge is 0.468 e. The van der Waals surface area contributed by atoms with Crippen LogP contribution in [0, 0.1) is 0 Å². The van der Waals surface area contributed by atoms with Crippen LogP contribution >= 0.6 is 0 Å². The minimum absolute atomic E-state index is 0.0997. The maximum Gasteiger partial charge on any atom is 0.317 e. The van der Waals surface area contributed by atoms with Crippen LogP contribution in [0.2, 0.25) is 0 Å². The Morgan fingerprint density at radius 3 is 2.76 bits per heavy atom. The number of benzene rings is 1. The van der Waals surface area contributed by atoms with Gasteiger partial charge in [0.15, 0.2) is 0 Å². The molecule has 25 heavy (non-hydrogen) atoms. The third-order valence-corrected chi connectivity index (χ3v) is 3.96. The van der Waals surface area contributed by atoms with Gasteiger partial charge in [0.1, 0.15) is 5.76 Å². The minimum Gasteiger partial charge on any atom is -0.468 e. The Kier molecular flexibility index (Phi) is 4.58. The zero-order valence-electron chi connectivity index (χ0n) is 13.9. The van der Waals surface area contributed by atoms with Crippen molar-refractivity contribution in [3.8, 4) is 0 Å². The first kappa shape index (κ1) is 16.8. The van der Waals surface area contributed by atoms with Crippen molar-refractivity contribution >= 4 is 23.7 Å². The summed E-state index contributed by atoms with van der Waals surface area (Å²) < 4.78 is 5.41. The van der Waals surface area contributed by atoms with Gasteiger partial charge >= 0.3 is 5.91 Å². The van der Waals surface area contributed by atoms with E-state index < -0.39 is 11.7 Å². The van der Waals surface area contributed by atoms with E-state index in [1.165, 1.54) is 6.08 Å². The summed E-state index contributed by atoms with van der Waals surface area (Å²) in [5.41, 5.74) is 0.393. The molecule has 0 saturated carbocycles. The number of carbonyl (C=O) groups excluding carboxylic acids is 3. The Bertz CT molecular complexity index is 945. The van der Waals surface area contributed by atoms with Crippen LogP contribution in [0.15, 0.2) is 46.0 Å². The quantitative estimate of drug-likeness (QED) is 0.763. The minimum atomic E-state index is -0.794. The van der Waals surface area contributed by atoms with E-state index in [1.807, 2.05) is 25.1 Å². The normalized spacial score (nSPS) is 14.5. The number of fused-ring (bicyclic) bond motifs is 1. The maximum atomic E-state index is 12.4. The van der Waals surface area contributed by atoms with E-state index in [0.717, 1.165) is 5.76 Å². The molecule has 2 heterocycles. The number of nitrogens with zero attached hydrogens (tertiary/aromatic N) is 2. The summed E-state index contributed by atoms with van der Waals surface area (Å²) in [7, 11) is 3.80. The second kappa shape index (κ2) is 6.82. The van der Waals surface area contributed by atoms with Crippen molar-refractivity contribution in [3.63, 3.8) is 0 Å². The van der Waals surface area contributed by atoms with Gasteiger partial charge in [-0.3, -0.25) is 19.3 Å². The fraction of sp³-hybridized carbons (Fsp3) is 0.222. The second-order valence-corrected chi connectivity index (χ2v) is 5.90. The standard InChI is InChI=1S/C18H17N3O4/c1-21(2)14(16-4-3-7-25-16)10-19-17(23)11-5-6-13-12(8-11)9-15(22)18(24)20-13/h3-9,14H,10H2,1-2H3,(H,19,23)/t14-/m0/s1. The number of furan rings is 1. The Labute approximate surface area is 143 Å². The van der Waals surface area contributed by atoms with Gasteiger partial charge in [0.25, 0.3) is 5.91 Å². The summed E-state index contributed by atoms with van der Waals surface area (Å²) >= 11 is 0. The number of ketones is 1. The molecule has 0 aliphatic carbocycles. The third kappa shape index (κ3) is 3.56. The zero-order valence-corrected chi connectivity index (χ0v) is 13.9. The van der Waals surface area contributed by atoms with E-state index in [1.54, 1.807) is 30.5 Å². The molecule has 0 saturated heterocycles. The number of hydrogen-bond donors (Lipinski definition) is 1. The van der Waals surface area contributed by atoms with Gasteiger partial charge in [0, 0.05) is 23.4 Å². The van der Waals surface area contributed by atoms with Crippen molar-refractivity contribution < 1.29 is 18.8 Å². The molecule has 1 aliphatic rings. The van der Waals surface area contributed by atoms with Crippen molar-refractivity contribution in [2.75, 3.05) is 20.6 Å². The van der Waals surface area contributed by atoms with Crippen molar-refractivity contribution in [2.24, 2.45) is 4.99 Å².